The van der Waals surface area contributed by atoms with E-state index < -0.39 is 0 Å². The number of aromatic nitrogens is 1. The molecule has 0 bridgehead atoms. The van der Waals surface area contributed by atoms with Crippen LogP contribution in [0.2, 0.25) is 0 Å². The molecule has 0 aliphatic heterocycles. The maximum absolute atomic E-state index is 12.3. The van der Waals surface area contributed by atoms with E-state index in [0.29, 0.717) is 11.7 Å². The van der Waals surface area contributed by atoms with Crippen LogP contribution in [0, 0.1) is 12.8 Å². The zero-order chi connectivity index (χ0) is 16.1. The molecule has 1 aromatic heterocycles. The molecule has 116 valence electrons. The molecule has 22 heavy (non-hydrogen) atoms. The van der Waals surface area contributed by atoms with Gasteiger partial charge >= 0.3 is 0 Å². The SMILES string of the molecule is Cc1ccnc(NC(=O)[C@@H](C)c2ccc(CC(C)C)cc2)c1. The molecule has 2 rings (SSSR count). The van der Waals surface area contributed by atoms with Gasteiger partial charge in [0.25, 0.3) is 0 Å². The van der Waals surface area contributed by atoms with E-state index in [9.17, 15) is 4.79 Å². The molecular formula is C19H24N2O. The van der Waals surface area contributed by atoms with Crippen molar-refractivity contribution in [2.24, 2.45) is 5.92 Å². The van der Waals surface area contributed by atoms with Gasteiger partial charge in [0.1, 0.15) is 5.82 Å². The molecule has 1 N–H and O–H groups in total. The number of rotatable bonds is 5. The summed E-state index contributed by atoms with van der Waals surface area (Å²) in [5.74, 6) is 1.01. The fourth-order valence-corrected chi connectivity index (χ4v) is 2.40. The van der Waals surface area contributed by atoms with Crippen molar-refractivity contribution in [1.82, 2.24) is 4.98 Å². The van der Waals surface area contributed by atoms with Gasteiger partial charge in [-0.05, 0) is 55.0 Å². The highest BCUT2D eigenvalue weighted by atomic mass is 16.1. The first-order valence-electron chi connectivity index (χ1n) is 7.78. The number of hydrogen-bond donors (Lipinski definition) is 1. The minimum Gasteiger partial charge on any atom is -0.310 e. The molecule has 1 atom stereocenters. The first-order valence-corrected chi connectivity index (χ1v) is 7.78. The zero-order valence-corrected chi connectivity index (χ0v) is 13.8. The number of pyridine rings is 1. The Morgan fingerprint density at radius 1 is 1.14 bits per heavy atom. The van der Waals surface area contributed by atoms with Crippen molar-refractivity contribution < 1.29 is 4.79 Å². The third-order valence-corrected chi connectivity index (χ3v) is 3.68. The lowest BCUT2D eigenvalue weighted by molar-refractivity contribution is -0.117. The molecule has 1 aromatic carbocycles. The number of anilines is 1. The Labute approximate surface area is 132 Å². The maximum Gasteiger partial charge on any atom is 0.232 e. The van der Waals surface area contributed by atoms with Crippen LogP contribution in [0.15, 0.2) is 42.6 Å². The molecular weight excluding hydrogens is 272 g/mol. The smallest absolute Gasteiger partial charge is 0.232 e. The maximum atomic E-state index is 12.3. The van der Waals surface area contributed by atoms with E-state index >= 15 is 0 Å². The fraction of sp³-hybridized carbons (Fsp3) is 0.368. The van der Waals surface area contributed by atoms with Gasteiger partial charge in [-0.1, -0.05) is 38.1 Å². The Kier molecular flexibility index (Phi) is 5.31. The van der Waals surface area contributed by atoms with Crippen molar-refractivity contribution in [1.29, 1.82) is 0 Å². The number of hydrogen-bond acceptors (Lipinski definition) is 2. The summed E-state index contributed by atoms with van der Waals surface area (Å²) in [4.78, 5) is 16.5. The summed E-state index contributed by atoms with van der Waals surface area (Å²) in [6, 6.07) is 12.1. The van der Waals surface area contributed by atoms with Crippen LogP contribution in [0.3, 0.4) is 0 Å². The van der Waals surface area contributed by atoms with E-state index in [0.717, 1.165) is 17.5 Å². The summed E-state index contributed by atoms with van der Waals surface area (Å²) >= 11 is 0. The number of amides is 1. The standard InChI is InChI=1S/C19H24N2O/c1-13(2)11-16-5-7-17(8-6-16)15(4)19(22)21-18-12-14(3)9-10-20-18/h5-10,12-13,15H,11H2,1-4H3,(H,20,21,22)/t15-/m0/s1. The lowest BCUT2D eigenvalue weighted by Gasteiger charge is -2.13. The Bertz CT molecular complexity index is 632. The van der Waals surface area contributed by atoms with Crippen LogP contribution in [-0.4, -0.2) is 10.9 Å². The molecule has 0 saturated heterocycles. The lowest BCUT2D eigenvalue weighted by atomic mass is 9.96. The van der Waals surface area contributed by atoms with E-state index in [2.05, 4.69) is 36.3 Å². The van der Waals surface area contributed by atoms with Crippen LogP contribution in [0.5, 0.6) is 0 Å². The van der Waals surface area contributed by atoms with E-state index in [-0.39, 0.29) is 11.8 Å². The number of carbonyl (C=O) groups is 1. The molecule has 0 saturated carbocycles. The molecule has 0 radical (unpaired) electrons. The normalized spacial score (nSPS) is 12.2. The summed E-state index contributed by atoms with van der Waals surface area (Å²) in [6.07, 6.45) is 2.77. The Morgan fingerprint density at radius 3 is 2.41 bits per heavy atom. The number of aryl methyl sites for hydroxylation is 1. The predicted octanol–water partition coefficient (Wildman–Crippen LogP) is 4.33. The molecule has 1 heterocycles. The summed E-state index contributed by atoms with van der Waals surface area (Å²) in [5.41, 5.74) is 3.42. The Morgan fingerprint density at radius 2 is 1.82 bits per heavy atom. The number of nitrogens with one attached hydrogen (secondary N) is 1. The first kappa shape index (κ1) is 16.2. The highest BCUT2D eigenvalue weighted by Gasteiger charge is 2.15. The molecule has 0 fully saturated rings. The number of nitrogens with zero attached hydrogens (tertiary/aromatic N) is 1. The topological polar surface area (TPSA) is 42.0 Å². The highest BCUT2D eigenvalue weighted by molar-refractivity contribution is 5.94. The Hall–Kier alpha value is -2.16. The van der Waals surface area contributed by atoms with Crippen molar-refractivity contribution in [3.63, 3.8) is 0 Å². The van der Waals surface area contributed by atoms with Crippen molar-refractivity contribution in [3.05, 3.63) is 59.3 Å². The van der Waals surface area contributed by atoms with Crippen molar-refractivity contribution >= 4 is 11.7 Å². The third kappa shape index (κ3) is 4.42. The second-order valence-electron chi connectivity index (χ2n) is 6.27. The summed E-state index contributed by atoms with van der Waals surface area (Å²) in [5, 5.41) is 2.88. The van der Waals surface area contributed by atoms with Gasteiger partial charge in [-0.15, -0.1) is 0 Å². The van der Waals surface area contributed by atoms with E-state index in [4.69, 9.17) is 0 Å². The third-order valence-electron chi connectivity index (χ3n) is 3.68. The van der Waals surface area contributed by atoms with Gasteiger partial charge in [-0.2, -0.15) is 0 Å². The molecule has 2 aromatic rings. The average Bonchev–Trinajstić information content (AvgIpc) is 2.46. The van der Waals surface area contributed by atoms with E-state index in [1.54, 1.807) is 6.20 Å². The molecule has 0 aliphatic rings. The lowest BCUT2D eigenvalue weighted by Crippen LogP contribution is -2.19. The zero-order valence-electron chi connectivity index (χ0n) is 13.8. The van der Waals surface area contributed by atoms with Crippen molar-refractivity contribution in [3.8, 4) is 0 Å². The molecule has 0 aliphatic carbocycles. The second kappa shape index (κ2) is 7.21. The number of benzene rings is 1. The summed E-state index contributed by atoms with van der Waals surface area (Å²) < 4.78 is 0. The van der Waals surface area contributed by atoms with E-state index in [1.807, 2.05) is 38.1 Å². The first-order chi connectivity index (χ1) is 10.5. The van der Waals surface area contributed by atoms with Crippen LogP contribution in [0.4, 0.5) is 5.82 Å². The van der Waals surface area contributed by atoms with Crippen LogP contribution in [0.25, 0.3) is 0 Å². The number of carbonyl (C=O) groups excluding carboxylic acids is 1. The average molecular weight is 296 g/mol. The molecule has 1 amide bonds. The summed E-state index contributed by atoms with van der Waals surface area (Å²) in [7, 11) is 0. The van der Waals surface area contributed by atoms with E-state index in [1.165, 1.54) is 5.56 Å². The van der Waals surface area contributed by atoms with Gasteiger partial charge in [0.15, 0.2) is 0 Å². The fourth-order valence-electron chi connectivity index (χ4n) is 2.40. The molecule has 3 nitrogen and oxygen atoms in total. The van der Waals surface area contributed by atoms with Gasteiger partial charge in [0.05, 0.1) is 5.92 Å². The highest BCUT2D eigenvalue weighted by Crippen LogP contribution is 2.19. The monoisotopic (exact) mass is 296 g/mol. The van der Waals surface area contributed by atoms with Gasteiger partial charge in [0.2, 0.25) is 5.91 Å². The van der Waals surface area contributed by atoms with Crippen LogP contribution < -0.4 is 5.32 Å². The molecule has 3 heteroatoms. The Balaban J connectivity index is 2.03. The van der Waals surface area contributed by atoms with Crippen LogP contribution >= 0.6 is 0 Å². The van der Waals surface area contributed by atoms with Gasteiger partial charge < -0.3 is 5.32 Å². The minimum absolute atomic E-state index is 0.0327. The quantitative estimate of drug-likeness (QED) is 0.892. The van der Waals surface area contributed by atoms with Crippen molar-refractivity contribution in [2.45, 2.75) is 40.0 Å². The summed E-state index contributed by atoms with van der Waals surface area (Å²) in [6.45, 7) is 8.31. The molecule has 0 spiro atoms. The van der Waals surface area contributed by atoms with Crippen LogP contribution in [0.1, 0.15) is 43.4 Å². The van der Waals surface area contributed by atoms with Crippen LogP contribution in [-0.2, 0) is 11.2 Å². The van der Waals surface area contributed by atoms with Gasteiger partial charge in [-0.3, -0.25) is 4.79 Å². The second-order valence-corrected chi connectivity index (χ2v) is 6.27. The minimum atomic E-state index is -0.199. The van der Waals surface area contributed by atoms with Gasteiger partial charge in [-0.25, -0.2) is 4.98 Å². The van der Waals surface area contributed by atoms with Gasteiger partial charge in [0, 0.05) is 6.20 Å². The molecule has 0 unspecified atom stereocenters. The largest absolute Gasteiger partial charge is 0.310 e. The predicted molar refractivity (Wildman–Crippen MR) is 91.0 cm³/mol. The van der Waals surface area contributed by atoms with Crippen molar-refractivity contribution in [2.75, 3.05) is 5.32 Å².